The minimum Gasteiger partial charge on any atom is -0.371 e. The van der Waals surface area contributed by atoms with Gasteiger partial charge in [-0.25, -0.2) is 0 Å². The maximum absolute atomic E-state index is 5.48. The van der Waals surface area contributed by atoms with Crippen molar-refractivity contribution in [2.75, 3.05) is 13.2 Å². The second-order valence-corrected chi connectivity index (χ2v) is 6.22. The molecule has 5 nitrogen and oxygen atoms in total. The molecule has 0 spiro atoms. The van der Waals surface area contributed by atoms with Crippen molar-refractivity contribution in [1.29, 1.82) is 0 Å². The van der Waals surface area contributed by atoms with E-state index in [-0.39, 0.29) is 11.5 Å². The van der Waals surface area contributed by atoms with Crippen molar-refractivity contribution < 1.29 is 9.26 Å². The Balaban J connectivity index is 2.69. The Labute approximate surface area is 122 Å². The predicted octanol–water partition coefficient (Wildman–Crippen LogP) is 3.12. The van der Waals surface area contributed by atoms with Crippen LogP contribution < -0.4 is 5.32 Å². The van der Waals surface area contributed by atoms with Gasteiger partial charge in [-0.05, 0) is 32.2 Å². The smallest absolute Gasteiger partial charge is 0.228 e. The van der Waals surface area contributed by atoms with Crippen molar-refractivity contribution in [3.63, 3.8) is 0 Å². The standard InChI is InChI=1S/C15H29N3O2/c1-7-9-16-12(15(4,5)6)10-13-17-14(18-20-13)11(3)19-8-2/h11-12,16H,7-10H2,1-6H3. The van der Waals surface area contributed by atoms with Crippen LogP contribution in [-0.2, 0) is 11.2 Å². The van der Waals surface area contributed by atoms with Crippen molar-refractivity contribution in [2.24, 2.45) is 5.41 Å². The van der Waals surface area contributed by atoms with E-state index in [1.54, 1.807) is 0 Å². The molecule has 1 aromatic heterocycles. The Morgan fingerprint density at radius 1 is 1.30 bits per heavy atom. The third kappa shape index (κ3) is 5.21. The number of rotatable bonds is 8. The van der Waals surface area contributed by atoms with Crippen molar-refractivity contribution in [3.05, 3.63) is 11.7 Å². The molecule has 1 rings (SSSR count). The van der Waals surface area contributed by atoms with Gasteiger partial charge in [0, 0.05) is 19.1 Å². The number of nitrogens with zero attached hydrogens (tertiary/aromatic N) is 2. The molecular formula is C15H29N3O2. The van der Waals surface area contributed by atoms with Gasteiger partial charge in [0.05, 0.1) is 0 Å². The number of hydrogen-bond acceptors (Lipinski definition) is 5. The first-order valence-electron chi connectivity index (χ1n) is 7.55. The minimum atomic E-state index is -0.116. The van der Waals surface area contributed by atoms with Crippen LogP contribution in [-0.4, -0.2) is 29.3 Å². The lowest BCUT2D eigenvalue weighted by Gasteiger charge is -2.30. The molecule has 0 aromatic carbocycles. The monoisotopic (exact) mass is 283 g/mol. The van der Waals surface area contributed by atoms with Crippen molar-refractivity contribution in [3.8, 4) is 0 Å². The molecule has 2 unspecified atom stereocenters. The summed E-state index contributed by atoms with van der Waals surface area (Å²) in [5.74, 6) is 1.31. The maximum Gasteiger partial charge on any atom is 0.228 e. The third-order valence-corrected chi connectivity index (χ3v) is 3.33. The van der Waals surface area contributed by atoms with E-state index in [0.717, 1.165) is 19.4 Å². The second-order valence-electron chi connectivity index (χ2n) is 6.22. The zero-order valence-corrected chi connectivity index (χ0v) is 13.7. The van der Waals surface area contributed by atoms with E-state index in [4.69, 9.17) is 9.26 Å². The molecule has 0 aliphatic heterocycles. The zero-order valence-electron chi connectivity index (χ0n) is 13.7. The molecule has 0 saturated heterocycles. The van der Waals surface area contributed by atoms with Gasteiger partial charge in [0.15, 0.2) is 5.82 Å². The van der Waals surface area contributed by atoms with Gasteiger partial charge in [-0.1, -0.05) is 32.9 Å². The number of aromatic nitrogens is 2. The Morgan fingerprint density at radius 2 is 2.00 bits per heavy atom. The van der Waals surface area contributed by atoms with E-state index < -0.39 is 0 Å². The van der Waals surface area contributed by atoms with E-state index in [2.05, 4.69) is 43.2 Å². The van der Waals surface area contributed by atoms with Gasteiger partial charge >= 0.3 is 0 Å². The van der Waals surface area contributed by atoms with Crippen LogP contribution in [0.1, 0.15) is 65.8 Å². The summed E-state index contributed by atoms with van der Waals surface area (Å²) in [7, 11) is 0. The van der Waals surface area contributed by atoms with Crippen LogP contribution >= 0.6 is 0 Å². The molecular weight excluding hydrogens is 254 g/mol. The van der Waals surface area contributed by atoms with Gasteiger partial charge < -0.3 is 14.6 Å². The largest absolute Gasteiger partial charge is 0.371 e. The Bertz CT molecular complexity index is 385. The first kappa shape index (κ1) is 17.1. The molecule has 5 heteroatoms. The SMILES string of the molecule is CCCNC(Cc1nc(C(C)OCC)no1)C(C)(C)C. The fourth-order valence-corrected chi connectivity index (χ4v) is 2.02. The molecule has 2 atom stereocenters. The normalized spacial score (nSPS) is 15.3. The number of ether oxygens (including phenoxy) is 1. The van der Waals surface area contributed by atoms with E-state index >= 15 is 0 Å². The highest BCUT2D eigenvalue weighted by molar-refractivity contribution is 4.95. The highest BCUT2D eigenvalue weighted by Crippen LogP contribution is 2.23. The molecule has 116 valence electrons. The molecule has 0 saturated carbocycles. The Morgan fingerprint density at radius 3 is 2.55 bits per heavy atom. The van der Waals surface area contributed by atoms with Gasteiger partial charge in [0.1, 0.15) is 6.10 Å². The Kier molecular flexibility index (Phi) is 6.62. The van der Waals surface area contributed by atoms with E-state index in [1.165, 1.54) is 0 Å². The van der Waals surface area contributed by atoms with Crippen LogP contribution in [0.3, 0.4) is 0 Å². The highest BCUT2D eigenvalue weighted by Gasteiger charge is 2.26. The fourth-order valence-electron chi connectivity index (χ4n) is 2.02. The highest BCUT2D eigenvalue weighted by atomic mass is 16.5. The molecule has 20 heavy (non-hydrogen) atoms. The zero-order chi connectivity index (χ0) is 15.2. The molecule has 0 aliphatic carbocycles. The fraction of sp³-hybridized carbons (Fsp3) is 0.867. The van der Waals surface area contributed by atoms with Crippen LogP contribution in [0.25, 0.3) is 0 Å². The number of hydrogen-bond donors (Lipinski definition) is 1. The van der Waals surface area contributed by atoms with Gasteiger partial charge in [0.25, 0.3) is 0 Å². The molecule has 0 radical (unpaired) electrons. The molecule has 0 aliphatic rings. The molecule has 1 aromatic rings. The third-order valence-electron chi connectivity index (χ3n) is 3.33. The first-order valence-corrected chi connectivity index (χ1v) is 7.55. The van der Waals surface area contributed by atoms with Crippen LogP contribution in [0.5, 0.6) is 0 Å². The van der Waals surface area contributed by atoms with Crippen LogP contribution in [0.15, 0.2) is 4.52 Å². The molecule has 0 bridgehead atoms. The lowest BCUT2D eigenvalue weighted by molar-refractivity contribution is 0.0683. The summed E-state index contributed by atoms with van der Waals surface area (Å²) in [4.78, 5) is 4.45. The van der Waals surface area contributed by atoms with E-state index in [1.807, 2.05) is 13.8 Å². The molecule has 0 fully saturated rings. The average molecular weight is 283 g/mol. The summed E-state index contributed by atoms with van der Waals surface area (Å²) in [6.07, 6.45) is 1.74. The summed E-state index contributed by atoms with van der Waals surface area (Å²) in [6.45, 7) is 14.4. The molecule has 1 heterocycles. The summed E-state index contributed by atoms with van der Waals surface area (Å²) < 4.78 is 10.8. The summed E-state index contributed by atoms with van der Waals surface area (Å²) in [6, 6.07) is 0.318. The Hall–Kier alpha value is -0.940. The van der Waals surface area contributed by atoms with Crippen LogP contribution in [0.4, 0.5) is 0 Å². The maximum atomic E-state index is 5.48. The van der Waals surface area contributed by atoms with E-state index in [0.29, 0.717) is 24.4 Å². The summed E-state index contributed by atoms with van der Waals surface area (Å²) in [5, 5.41) is 7.57. The quantitative estimate of drug-likeness (QED) is 0.794. The summed E-state index contributed by atoms with van der Waals surface area (Å²) >= 11 is 0. The van der Waals surface area contributed by atoms with Crippen molar-refractivity contribution in [1.82, 2.24) is 15.5 Å². The van der Waals surface area contributed by atoms with Gasteiger partial charge in [-0.15, -0.1) is 0 Å². The predicted molar refractivity (Wildman–Crippen MR) is 79.6 cm³/mol. The van der Waals surface area contributed by atoms with Crippen LogP contribution in [0, 0.1) is 5.41 Å². The summed E-state index contributed by atoms with van der Waals surface area (Å²) in [5.41, 5.74) is 0.148. The second kappa shape index (κ2) is 7.74. The van der Waals surface area contributed by atoms with Crippen LogP contribution in [0.2, 0.25) is 0 Å². The number of nitrogens with one attached hydrogen (secondary N) is 1. The lowest BCUT2D eigenvalue weighted by atomic mass is 9.84. The average Bonchev–Trinajstić information content (AvgIpc) is 2.82. The molecule has 0 amide bonds. The minimum absolute atomic E-state index is 0.116. The first-order chi connectivity index (χ1) is 9.38. The van der Waals surface area contributed by atoms with Gasteiger partial charge in [-0.2, -0.15) is 4.98 Å². The topological polar surface area (TPSA) is 60.2 Å². The lowest BCUT2D eigenvalue weighted by Crippen LogP contribution is -2.42. The van der Waals surface area contributed by atoms with Crippen molar-refractivity contribution >= 4 is 0 Å². The molecule has 1 N–H and O–H groups in total. The van der Waals surface area contributed by atoms with Gasteiger partial charge in [0.2, 0.25) is 5.89 Å². The van der Waals surface area contributed by atoms with Crippen molar-refractivity contribution in [2.45, 2.75) is 66.5 Å². The van der Waals surface area contributed by atoms with E-state index in [9.17, 15) is 0 Å². The van der Waals surface area contributed by atoms with Gasteiger partial charge in [-0.3, -0.25) is 0 Å².